The molecule has 0 bridgehead atoms. The second-order valence-electron chi connectivity index (χ2n) is 6.80. The van der Waals surface area contributed by atoms with Crippen LogP contribution < -0.4 is 10.2 Å². The lowest BCUT2D eigenvalue weighted by atomic mass is 10.1. The Morgan fingerprint density at radius 2 is 1.83 bits per heavy atom. The minimum Gasteiger partial charge on any atom is -0.328 e. The minimum absolute atomic E-state index is 0.0788. The fraction of sp³-hybridized carbons (Fsp3) is 0.263. The van der Waals surface area contributed by atoms with Crippen LogP contribution in [0, 0.1) is 17.5 Å². The molecule has 2 heterocycles. The van der Waals surface area contributed by atoms with Gasteiger partial charge < -0.3 is 10.2 Å². The molecule has 1 saturated heterocycles. The summed E-state index contributed by atoms with van der Waals surface area (Å²) < 4.78 is 69.3. The molecule has 1 amide bonds. The normalized spacial score (nSPS) is 17.6. The average Bonchev–Trinajstić information content (AvgIpc) is 2.93. The van der Waals surface area contributed by atoms with Crippen molar-refractivity contribution in [1.82, 2.24) is 0 Å². The fourth-order valence-electron chi connectivity index (χ4n) is 3.44. The number of hydrogen-bond acceptors (Lipinski definition) is 4. The maximum Gasteiger partial charge on any atom is 0.286 e. The number of nitrogens with zero attached hydrogens (tertiary/aromatic N) is 2. The van der Waals surface area contributed by atoms with Crippen molar-refractivity contribution in [1.29, 1.82) is 0 Å². The standard InChI is InChI=1S/C19H16F3N3O3S/c20-12-6-7-13(18(22)17(12)21)23-19(26)11-5-8-14-15(10-11)29(27,28)24-16-4-2-1-3-9-25(14)16/h5-8,10H,1-4,9H2,(H,23,26). The summed E-state index contributed by atoms with van der Waals surface area (Å²) >= 11 is 0. The summed E-state index contributed by atoms with van der Waals surface area (Å²) in [5.74, 6) is -5.01. The van der Waals surface area contributed by atoms with E-state index in [0.29, 0.717) is 30.6 Å². The Kier molecular flexibility index (Phi) is 4.81. The zero-order valence-electron chi connectivity index (χ0n) is 15.1. The van der Waals surface area contributed by atoms with Gasteiger partial charge in [0.1, 0.15) is 10.7 Å². The summed E-state index contributed by atoms with van der Waals surface area (Å²) in [7, 11) is -4.00. The molecule has 0 radical (unpaired) electrons. The number of halogens is 3. The maximum absolute atomic E-state index is 13.8. The molecule has 0 spiro atoms. The first-order valence-electron chi connectivity index (χ1n) is 8.98. The van der Waals surface area contributed by atoms with Crippen LogP contribution in [-0.4, -0.2) is 26.7 Å². The molecular formula is C19H16F3N3O3S. The summed E-state index contributed by atoms with van der Waals surface area (Å²) in [6.07, 6.45) is 3.25. The number of nitrogens with one attached hydrogen (secondary N) is 1. The van der Waals surface area contributed by atoms with Crippen LogP contribution in [0.25, 0.3) is 0 Å². The number of carbonyl (C=O) groups is 1. The Morgan fingerprint density at radius 3 is 2.62 bits per heavy atom. The van der Waals surface area contributed by atoms with Gasteiger partial charge in [0.15, 0.2) is 17.5 Å². The van der Waals surface area contributed by atoms with Gasteiger partial charge in [-0.05, 0) is 43.2 Å². The predicted molar refractivity (Wildman–Crippen MR) is 101 cm³/mol. The lowest BCUT2D eigenvalue weighted by Crippen LogP contribution is -2.35. The zero-order valence-corrected chi connectivity index (χ0v) is 15.9. The van der Waals surface area contributed by atoms with Crippen molar-refractivity contribution >= 4 is 33.1 Å². The smallest absolute Gasteiger partial charge is 0.286 e. The van der Waals surface area contributed by atoms with Gasteiger partial charge >= 0.3 is 0 Å². The SMILES string of the molecule is O=C(Nc1ccc(F)c(F)c1F)c1ccc2c(c1)S(=O)(=O)N=C1CCCCCN12. The van der Waals surface area contributed by atoms with E-state index in [1.54, 1.807) is 0 Å². The molecule has 6 nitrogen and oxygen atoms in total. The summed E-state index contributed by atoms with van der Waals surface area (Å²) in [6, 6.07) is 5.62. The van der Waals surface area contributed by atoms with Gasteiger partial charge in [0.25, 0.3) is 15.9 Å². The fourth-order valence-corrected chi connectivity index (χ4v) is 4.72. The molecule has 0 saturated carbocycles. The van der Waals surface area contributed by atoms with E-state index < -0.39 is 39.1 Å². The van der Waals surface area contributed by atoms with Crippen LogP contribution in [0.15, 0.2) is 39.6 Å². The molecule has 2 aliphatic heterocycles. The Balaban J connectivity index is 1.69. The van der Waals surface area contributed by atoms with Gasteiger partial charge in [-0.2, -0.15) is 8.42 Å². The summed E-state index contributed by atoms with van der Waals surface area (Å²) in [4.78, 5) is 14.2. The molecule has 29 heavy (non-hydrogen) atoms. The third kappa shape index (κ3) is 3.48. The zero-order chi connectivity index (χ0) is 20.8. The third-order valence-electron chi connectivity index (χ3n) is 4.89. The van der Waals surface area contributed by atoms with Crippen LogP contribution in [-0.2, 0) is 10.0 Å². The molecule has 0 unspecified atom stereocenters. The lowest BCUT2D eigenvalue weighted by molar-refractivity contribution is 0.102. The maximum atomic E-state index is 13.8. The van der Waals surface area contributed by atoms with Crippen molar-refractivity contribution < 1.29 is 26.4 Å². The molecular weight excluding hydrogens is 407 g/mol. The second kappa shape index (κ2) is 7.18. The Labute approximate surface area is 165 Å². The van der Waals surface area contributed by atoms with Crippen molar-refractivity contribution in [3.8, 4) is 0 Å². The van der Waals surface area contributed by atoms with Gasteiger partial charge in [0.2, 0.25) is 0 Å². The van der Waals surface area contributed by atoms with Crippen LogP contribution in [0.1, 0.15) is 36.0 Å². The van der Waals surface area contributed by atoms with Gasteiger partial charge in [-0.15, -0.1) is 4.40 Å². The van der Waals surface area contributed by atoms with E-state index in [1.165, 1.54) is 12.1 Å². The first kappa shape index (κ1) is 19.4. The number of hydrogen-bond donors (Lipinski definition) is 1. The van der Waals surface area contributed by atoms with Gasteiger partial charge in [-0.25, -0.2) is 13.2 Å². The Hall–Kier alpha value is -2.88. The highest BCUT2D eigenvalue weighted by Gasteiger charge is 2.32. The number of fused-ring (bicyclic) bond motifs is 3. The van der Waals surface area contributed by atoms with E-state index in [0.717, 1.165) is 31.4 Å². The quantitative estimate of drug-likeness (QED) is 0.745. The molecule has 2 aromatic rings. The molecule has 0 aliphatic carbocycles. The van der Waals surface area contributed by atoms with Gasteiger partial charge in [-0.3, -0.25) is 4.79 Å². The number of benzene rings is 2. The number of amidine groups is 1. The van der Waals surface area contributed by atoms with Crippen molar-refractivity contribution in [3.63, 3.8) is 0 Å². The average molecular weight is 423 g/mol. The third-order valence-corrected chi connectivity index (χ3v) is 6.23. The number of sulfonamides is 1. The molecule has 2 aromatic carbocycles. The van der Waals surface area contributed by atoms with Crippen molar-refractivity contribution in [2.45, 2.75) is 30.6 Å². The van der Waals surface area contributed by atoms with Crippen LogP contribution in [0.4, 0.5) is 24.5 Å². The Morgan fingerprint density at radius 1 is 1.03 bits per heavy atom. The molecule has 4 rings (SSSR count). The highest BCUT2D eigenvalue weighted by Crippen LogP contribution is 2.35. The molecule has 0 aromatic heterocycles. The van der Waals surface area contributed by atoms with Crippen LogP contribution >= 0.6 is 0 Å². The first-order valence-corrected chi connectivity index (χ1v) is 10.4. The summed E-state index contributed by atoms with van der Waals surface area (Å²) in [6.45, 7) is 0.618. The van der Waals surface area contributed by atoms with E-state index in [1.807, 2.05) is 4.90 Å². The monoisotopic (exact) mass is 423 g/mol. The largest absolute Gasteiger partial charge is 0.328 e. The summed E-state index contributed by atoms with van der Waals surface area (Å²) in [5, 5.41) is 2.13. The predicted octanol–water partition coefficient (Wildman–Crippen LogP) is 3.84. The molecule has 2 aliphatic rings. The molecule has 10 heteroatoms. The molecule has 152 valence electrons. The molecule has 1 N–H and O–H groups in total. The van der Waals surface area contributed by atoms with Crippen molar-refractivity contribution in [2.75, 3.05) is 16.8 Å². The second-order valence-corrected chi connectivity index (χ2v) is 8.38. The summed E-state index contributed by atoms with van der Waals surface area (Å²) in [5.41, 5.74) is -0.195. The molecule has 1 fully saturated rings. The van der Waals surface area contributed by atoms with Crippen molar-refractivity contribution in [2.24, 2.45) is 4.40 Å². The van der Waals surface area contributed by atoms with E-state index >= 15 is 0 Å². The number of rotatable bonds is 2. The van der Waals surface area contributed by atoms with Gasteiger partial charge in [-0.1, -0.05) is 6.42 Å². The number of carbonyl (C=O) groups excluding carboxylic acids is 1. The van der Waals surface area contributed by atoms with E-state index in [9.17, 15) is 26.4 Å². The number of anilines is 2. The van der Waals surface area contributed by atoms with Crippen LogP contribution in [0.5, 0.6) is 0 Å². The highest BCUT2D eigenvalue weighted by atomic mass is 32.2. The van der Waals surface area contributed by atoms with Gasteiger partial charge in [0.05, 0.1) is 11.4 Å². The Bertz CT molecular complexity index is 1150. The minimum atomic E-state index is -4.00. The van der Waals surface area contributed by atoms with Crippen LogP contribution in [0.3, 0.4) is 0 Å². The topological polar surface area (TPSA) is 78.8 Å². The van der Waals surface area contributed by atoms with Crippen LogP contribution in [0.2, 0.25) is 0 Å². The van der Waals surface area contributed by atoms with Gasteiger partial charge in [0, 0.05) is 18.5 Å². The van der Waals surface area contributed by atoms with E-state index in [2.05, 4.69) is 9.71 Å². The highest BCUT2D eigenvalue weighted by molar-refractivity contribution is 7.90. The number of amides is 1. The molecule has 0 atom stereocenters. The van der Waals surface area contributed by atoms with Crippen molar-refractivity contribution in [3.05, 3.63) is 53.3 Å². The first-order chi connectivity index (χ1) is 13.8. The lowest BCUT2D eigenvalue weighted by Gasteiger charge is -2.29. The van der Waals surface area contributed by atoms with E-state index in [-0.39, 0.29) is 10.5 Å². The van der Waals surface area contributed by atoms with E-state index in [4.69, 9.17) is 0 Å².